The topological polar surface area (TPSA) is 68.0 Å². The maximum atomic E-state index is 11.3. The summed E-state index contributed by atoms with van der Waals surface area (Å²) in [6.07, 6.45) is -1.05. The van der Waals surface area contributed by atoms with Crippen molar-refractivity contribution in [2.24, 2.45) is 0 Å². The molecular formula is C11H7N3O2S. The van der Waals surface area contributed by atoms with Crippen LogP contribution < -0.4 is 0 Å². The van der Waals surface area contributed by atoms with E-state index in [9.17, 15) is 9.90 Å². The summed E-state index contributed by atoms with van der Waals surface area (Å²) >= 11 is 1.41. The molecule has 1 aromatic carbocycles. The Labute approximate surface area is 100.0 Å². The Morgan fingerprint density at radius 3 is 2.88 bits per heavy atom. The number of hydrogen-bond donors (Lipinski definition) is 1. The first kappa shape index (κ1) is 9.98. The predicted octanol–water partition coefficient (Wildman–Crippen LogP) is 2.69. The first-order valence-corrected chi connectivity index (χ1v) is 5.81. The fourth-order valence-corrected chi connectivity index (χ4v) is 2.24. The van der Waals surface area contributed by atoms with Crippen LogP contribution in [0.15, 0.2) is 35.2 Å². The molecule has 0 atom stereocenters. The molecule has 0 radical (unpaired) electrons. The molecule has 0 unspecified atom stereocenters. The maximum absolute atomic E-state index is 11.3. The molecule has 5 nitrogen and oxygen atoms in total. The van der Waals surface area contributed by atoms with Gasteiger partial charge in [0.2, 0.25) is 0 Å². The van der Waals surface area contributed by atoms with Crippen LogP contribution in [0.4, 0.5) is 4.79 Å². The standard InChI is InChI=1S/C11H7N3O2S/c15-11(16)14-9-4-2-1-3-7(9)13-10(14)8-5-17-6-12-8/h1-6H,(H,15,16). The van der Waals surface area contributed by atoms with E-state index in [0.29, 0.717) is 22.6 Å². The number of hydrogen-bond acceptors (Lipinski definition) is 4. The van der Waals surface area contributed by atoms with Gasteiger partial charge in [-0.1, -0.05) is 12.1 Å². The second-order valence-electron chi connectivity index (χ2n) is 3.42. The molecule has 0 aliphatic heterocycles. The molecule has 3 aromatic rings. The molecule has 0 saturated heterocycles. The van der Waals surface area contributed by atoms with Gasteiger partial charge in [-0.2, -0.15) is 0 Å². The van der Waals surface area contributed by atoms with E-state index in [-0.39, 0.29) is 0 Å². The number of carbonyl (C=O) groups is 1. The highest BCUT2D eigenvalue weighted by Gasteiger charge is 2.17. The molecule has 0 aliphatic carbocycles. The maximum Gasteiger partial charge on any atom is 0.417 e. The molecule has 2 heterocycles. The molecule has 2 aromatic heterocycles. The molecule has 17 heavy (non-hydrogen) atoms. The normalized spacial score (nSPS) is 10.8. The number of carboxylic acid groups (broad SMARTS) is 1. The third-order valence-electron chi connectivity index (χ3n) is 2.41. The lowest BCUT2D eigenvalue weighted by Crippen LogP contribution is -2.09. The highest BCUT2D eigenvalue weighted by Crippen LogP contribution is 2.24. The Bertz CT molecular complexity index is 688. The van der Waals surface area contributed by atoms with E-state index in [1.807, 2.05) is 6.07 Å². The lowest BCUT2D eigenvalue weighted by Gasteiger charge is -1.99. The van der Waals surface area contributed by atoms with E-state index < -0.39 is 6.09 Å². The Hall–Kier alpha value is -2.21. The fraction of sp³-hybridized carbons (Fsp3) is 0. The van der Waals surface area contributed by atoms with Gasteiger partial charge in [-0.3, -0.25) is 0 Å². The molecule has 84 valence electrons. The van der Waals surface area contributed by atoms with E-state index in [4.69, 9.17) is 0 Å². The van der Waals surface area contributed by atoms with Gasteiger partial charge in [0, 0.05) is 5.38 Å². The van der Waals surface area contributed by atoms with Crippen LogP contribution in [0.3, 0.4) is 0 Å². The summed E-state index contributed by atoms with van der Waals surface area (Å²) < 4.78 is 1.16. The van der Waals surface area contributed by atoms with E-state index in [1.165, 1.54) is 11.3 Å². The Morgan fingerprint density at radius 1 is 1.35 bits per heavy atom. The van der Waals surface area contributed by atoms with Crippen molar-refractivity contribution in [3.8, 4) is 11.5 Å². The van der Waals surface area contributed by atoms with Gasteiger partial charge in [-0.15, -0.1) is 11.3 Å². The molecule has 0 amide bonds. The second kappa shape index (κ2) is 3.67. The van der Waals surface area contributed by atoms with Crippen LogP contribution in [0, 0.1) is 0 Å². The molecule has 3 rings (SSSR count). The molecule has 6 heteroatoms. The lowest BCUT2D eigenvalue weighted by molar-refractivity contribution is 0.197. The molecule has 0 fully saturated rings. The zero-order valence-electron chi connectivity index (χ0n) is 8.57. The van der Waals surface area contributed by atoms with E-state index in [2.05, 4.69) is 9.97 Å². The summed E-state index contributed by atoms with van der Waals surface area (Å²) in [5.41, 5.74) is 3.45. The van der Waals surface area contributed by atoms with Crippen molar-refractivity contribution >= 4 is 28.5 Å². The van der Waals surface area contributed by atoms with Crippen molar-refractivity contribution in [2.45, 2.75) is 0 Å². The van der Waals surface area contributed by atoms with E-state index in [1.54, 1.807) is 29.1 Å². The van der Waals surface area contributed by atoms with Crippen LogP contribution >= 0.6 is 11.3 Å². The van der Waals surface area contributed by atoms with Gasteiger partial charge in [-0.05, 0) is 12.1 Å². The Balaban J connectivity index is 2.38. The van der Waals surface area contributed by atoms with Crippen LogP contribution in [0.2, 0.25) is 0 Å². The van der Waals surface area contributed by atoms with Crippen molar-refractivity contribution < 1.29 is 9.90 Å². The number of nitrogens with zero attached hydrogens (tertiary/aromatic N) is 3. The quantitative estimate of drug-likeness (QED) is 0.715. The van der Waals surface area contributed by atoms with E-state index >= 15 is 0 Å². The first-order valence-electron chi connectivity index (χ1n) is 4.87. The number of aromatic nitrogens is 3. The van der Waals surface area contributed by atoms with E-state index in [0.717, 1.165) is 4.57 Å². The monoisotopic (exact) mass is 245 g/mol. The molecular weight excluding hydrogens is 238 g/mol. The first-order chi connectivity index (χ1) is 8.27. The minimum atomic E-state index is -1.05. The summed E-state index contributed by atoms with van der Waals surface area (Å²) in [6, 6.07) is 7.12. The minimum absolute atomic E-state index is 0.361. The van der Waals surface area contributed by atoms with Gasteiger partial charge in [0.15, 0.2) is 5.82 Å². The number of rotatable bonds is 1. The third-order valence-corrected chi connectivity index (χ3v) is 3.00. The van der Waals surface area contributed by atoms with Crippen molar-refractivity contribution in [3.63, 3.8) is 0 Å². The van der Waals surface area contributed by atoms with Crippen LogP contribution in [-0.4, -0.2) is 25.7 Å². The average molecular weight is 245 g/mol. The van der Waals surface area contributed by atoms with Crippen LogP contribution in [-0.2, 0) is 0 Å². The van der Waals surface area contributed by atoms with Crippen molar-refractivity contribution in [1.82, 2.24) is 14.5 Å². The number of thiazole rings is 1. The number of para-hydroxylation sites is 2. The highest BCUT2D eigenvalue weighted by molar-refractivity contribution is 7.07. The summed E-state index contributed by atoms with van der Waals surface area (Å²) in [4.78, 5) is 19.7. The van der Waals surface area contributed by atoms with Gasteiger partial charge in [-0.25, -0.2) is 19.3 Å². The summed E-state index contributed by atoms with van der Waals surface area (Å²) in [5.74, 6) is 0.361. The van der Waals surface area contributed by atoms with Crippen LogP contribution in [0.1, 0.15) is 0 Å². The van der Waals surface area contributed by atoms with Crippen molar-refractivity contribution in [1.29, 1.82) is 0 Å². The van der Waals surface area contributed by atoms with Crippen LogP contribution in [0.25, 0.3) is 22.6 Å². The van der Waals surface area contributed by atoms with Crippen molar-refractivity contribution in [3.05, 3.63) is 35.2 Å². The van der Waals surface area contributed by atoms with Gasteiger partial charge in [0.25, 0.3) is 0 Å². The van der Waals surface area contributed by atoms with Gasteiger partial charge >= 0.3 is 6.09 Å². The summed E-state index contributed by atoms with van der Waals surface area (Å²) in [5, 5.41) is 11.0. The number of fused-ring (bicyclic) bond motifs is 1. The lowest BCUT2D eigenvalue weighted by atomic mass is 10.3. The van der Waals surface area contributed by atoms with Gasteiger partial charge < -0.3 is 5.11 Å². The number of imidazole rings is 1. The number of benzene rings is 1. The van der Waals surface area contributed by atoms with Gasteiger partial charge in [0.1, 0.15) is 5.69 Å². The van der Waals surface area contributed by atoms with Crippen LogP contribution in [0.5, 0.6) is 0 Å². The zero-order chi connectivity index (χ0) is 11.8. The smallest absolute Gasteiger partial charge is 0.417 e. The SMILES string of the molecule is O=C(O)n1c(-c2cscn2)nc2ccccc21. The minimum Gasteiger partial charge on any atom is -0.464 e. The van der Waals surface area contributed by atoms with Gasteiger partial charge in [0.05, 0.1) is 16.5 Å². The molecule has 0 bridgehead atoms. The Morgan fingerprint density at radius 2 is 2.18 bits per heavy atom. The fourth-order valence-electron chi connectivity index (χ4n) is 1.71. The molecule has 1 N–H and O–H groups in total. The molecule has 0 spiro atoms. The summed E-state index contributed by atoms with van der Waals surface area (Å²) in [6.45, 7) is 0. The predicted molar refractivity (Wildman–Crippen MR) is 64.3 cm³/mol. The highest BCUT2D eigenvalue weighted by atomic mass is 32.1. The Kier molecular flexibility index (Phi) is 2.15. The third kappa shape index (κ3) is 1.50. The average Bonchev–Trinajstić information content (AvgIpc) is 2.95. The van der Waals surface area contributed by atoms with Crippen molar-refractivity contribution in [2.75, 3.05) is 0 Å². The molecule has 0 saturated carbocycles. The molecule has 0 aliphatic rings. The summed E-state index contributed by atoms with van der Waals surface area (Å²) in [7, 11) is 0. The second-order valence-corrected chi connectivity index (χ2v) is 4.13. The largest absolute Gasteiger partial charge is 0.464 e. The zero-order valence-corrected chi connectivity index (χ0v) is 9.39.